The summed E-state index contributed by atoms with van der Waals surface area (Å²) in [5.41, 5.74) is -0.692. The summed E-state index contributed by atoms with van der Waals surface area (Å²) in [6, 6.07) is 1.76. The molecule has 152 valence electrons. The van der Waals surface area contributed by atoms with Gasteiger partial charge in [0.2, 0.25) is 0 Å². The molecule has 0 aromatic heterocycles. The predicted octanol–water partition coefficient (Wildman–Crippen LogP) is 3.65. The van der Waals surface area contributed by atoms with Gasteiger partial charge in [0.1, 0.15) is 6.04 Å². The Labute approximate surface area is 155 Å². The first-order valence-electron chi connectivity index (χ1n) is 8.32. The number of alkyl halides is 3. The van der Waals surface area contributed by atoms with Crippen molar-refractivity contribution >= 4 is 11.9 Å². The van der Waals surface area contributed by atoms with Crippen molar-refractivity contribution in [1.29, 1.82) is 0 Å². The second-order valence-electron chi connectivity index (χ2n) is 7.11. The van der Waals surface area contributed by atoms with Crippen LogP contribution in [0.25, 0.3) is 0 Å². The molecule has 1 amide bonds. The molecule has 0 fully saturated rings. The molecule has 0 aliphatic carbocycles. The molecular weight excluding hydrogens is 367 g/mol. The van der Waals surface area contributed by atoms with E-state index in [0.29, 0.717) is 0 Å². The van der Waals surface area contributed by atoms with E-state index < -0.39 is 36.1 Å². The van der Waals surface area contributed by atoms with Crippen LogP contribution in [0.4, 0.5) is 13.2 Å². The zero-order valence-corrected chi connectivity index (χ0v) is 15.6. The van der Waals surface area contributed by atoms with Crippen molar-refractivity contribution in [2.24, 2.45) is 5.41 Å². The van der Waals surface area contributed by atoms with Crippen LogP contribution >= 0.6 is 0 Å². The van der Waals surface area contributed by atoms with Gasteiger partial charge in [0.15, 0.2) is 18.1 Å². The molecule has 0 aliphatic heterocycles. The van der Waals surface area contributed by atoms with E-state index in [0.717, 1.165) is 0 Å². The van der Waals surface area contributed by atoms with Crippen LogP contribution in [0.15, 0.2) is 18.2 Å². The number of hydrogen-bond donors (Lipinski definition) is 2. The van der Waals surface area contributed by atoms with Crippen molar-refractivity contribution in [2.75, 3.05) is 13.2 Å². The standard InChI is InChI=1S/C18H24F3NO5/c1-5-26-13-8-11(6-7-12(13)27-10-15(23)24)16(25)22-14(18(19,20)21)9-17(2,3)4/h6-8,14H,5,9-10H2,1-4H3,(H,22,25)(H,23,24). The molecule has 1 unspecified atom stereocenters. The normalized spacial score (nSPS) is 13.0. The van der Waals surface area contributed by atoms with Crippen LogP contribution in [-0.2, 0) is 4.79 Å². The lowest BCUT2D eigenvalue weighted by molar-refractivity contribution is -0.159. The number of benzene rings is 1. The van der Waals surface area contributed by atoms with Crippen molar-refractivity contribution in [3.63, 3.8) is 0 Å². The third-order valence-electron chi connectivity index (χ3n) is 3.37. The van der Waals surface area contributed by atoms with Crippen LogP contribution in [0, 0.1) is 5.41 Å². The Bertz CT molecular complexity index is 668. The van der Waals surface area contributed by atoms with Crippen LogP contribution in [0.2, 0.25) is 0 Å². The average Bonchev–Trinajstić information content (AvgIpc) is 2.51. The molecule has 27 heavy (non-hydrogen) atoms. The first kappa shape index (κ1) is 22.6. The molecule has 0 heterocycles. The highest BCUT2D eigenvalue weighted by molar-refractivity contribution is 5.95. The molecule has 0 radical (unpaired) electrons. The number of carbonyl (C=O) groups is 2. The lowest BCUT2D eigenvalue weighted by atomic mass is 9.87. The third-order valence-corrected chi connectivity index (χ3v) is 3.37. The summed E-state index contributed by atoms with van der Waals surface area (Å²) in [7, 11) is 0. The molecule has 2 N–H and O–H groups in total. The lowest BCUT2D eigenvalue weighted by Gasteiger charge is -2.28. The minimum absolute atomic E-state index is 0.0516. The summed E-state index contributed by atoms with van der Waals surface area (Å²) in [5, 5.41) is 10.7. The van der Waals surface area contributed by atoms with Crippen molar-refractivity contribution in [1.82, 2.24) is 5.32 Å². The fourth-order valence-corrected chi connectivity index (χ4v) is 2.28. The molecule has 6 nitrogen and oxygen atoms in total. The van der Waals surface area contributed by atoms with E-state index in [2.05, 4.69) is 0 Å². The number of halogens is 3. The van der Waals surface area contributed by atoms with Gasteiger partial charge in [0, 0.05) is 5.56 Å². The summed E-state index contributed by atoms with van der Waals surface area (Å²) in [5.74, 6) is -1.95. The fraction of sp³-hybridized carbons (Fsp3) is 0.556. The van der Waals surface area contributed by atoms with Crippen molar-refractivity contribution in [3.05, 3.63) is 23.8 Å². The van der Waals surface area contributed by atoms with Crippen LogP contribution < -0.4 is 14.8 Å². The van der Waals surface area contributed by atoms with Gasteiger partial charge in [0.05, 0.1) is 6.61 Å². The Morgan fingerprint density at radius 1 is 1.15 bits per heavy atom. The van der Waals surface area contributed by atoms with Crippen molar-refractivity contribution < 1.29 is 37.3 Å². The minimum atomic E-state index is -4.59. The number of amides is 1. The smallest absolute Gasteiger partial charge is 0.408 e. The van der Waals surface area contributed by atoms with Crippen LogP contribution in [0.3, 0.4) is 0 Å². The minimum Gasteiger partial charge on any atom is -0.490 e. The van der Waals surface area contributed by atoms with Crippen LogP contribution in [-0.4, -0.2) is 42.4 Å². The van der Waals surface area contributed by atoms with Gasteiger partial charge >= 0.3 is 12.1 Å². The fourth-order valence-electron chi connectivity index (χ4n) is 2.28. The zero-order valence-electron chi connectivity index (χ0n) is 15.6. The zero-order chi connectivity index (χ0) is 20.8. The number of aliphatic carboxylic acids is 1. The van der Waals surface area contributed by atoms with E-state index in [1.165, 1.54) is 18.2 Å². The van der Waals surface area contributed by atoms with E-state index in [4.69, 9.17) is 14.6 Å². The quantitative estimate of drug-likeness (QED) is 0.707. The number of ether oxygens (including phenoxy) is 2. The highest BCUT2D eigenvalue weighted by Gasteiger charge is 2.42. The van der Waals surface area contributed by atoms with Gasteiger partial charge in [-0.3, -0.25) is 4.79 Å². The van der Waals surface area contributed by atoms with E-state index in [1.54, 1.807) is 27.7 Å². The summed E-state index contributed by atoms with van der Waals surface area (Å²) in [6.07, 6.45) is -4.86. The Hall–Kier alpha value is -2.45. The molecular formula is C18H24F3NO5. The number of rotatable bonds is 8. The number of carboxylic acid groups (broad SMARTS) is 1. The molecule has 0 saturated carbocycles. The molecule has 1 aromatic rings. The van der Waals surface area contributed by atoms with Gasteiger partial charge < -0.3 is 19.9 Å². The number of carboxylic acids is 1. The maximum Gasteiger partial charge on any atom is 0.408 e. The Balaban J connectivity index is 3.03. The van der Waals surface area contributed by atoms with Gasteiger partial charge in [-0.25, -0.2) is 4.79 Å². The second kappa shape index (κ2) is 8.96. The molecule has 1 atom stereocenters. The monoisotopic (exact) mass is 391 g/mol. The summed E-state index contributed by atoms with van der Waals surface area (Å²) in [4.78, 5) is 22.9. The molecule has 0 saturated heterocycles. The van der Waals surface area contributed by atoms with Gasteiger partial charge in [-0.05, 0) is 37.0 Å². The number of hydrogen-bond acceptors (Lipinski definition) is 4. The van der Waals surface area contributed by atoms with E-state index in [1.807, 2.05) is 5.32 Å². The summed E-state index contributed by atoms with van der Waals surface area (Å²) >= 11 is 0. The maximum absolute atomic E-state index is 13.3. The van der Waals surface area contributed by atoms with Crippen molar-refractivity contribution in [3.8, 4) is 11.5 Å². The highest BCUT2D eigenvalue weighted by Crippen LogP contribution is 2.32. The molecule has 9 heteroatoms. The Morgan fingerprint density at radius 2 is 1.78 bits per heavy atom. The summed E-state index contributed by atoms with van der Waals surface area (Å²) in [6.45, 7) is 6.20. The van der Waals surface area contributed by atoms with E-state index in [9.17, 15) is 22.8 Å². The Kier molecular flexibility index (Phi) is 7.50. The second-order valence-corrected chi connectivity index (χ2v) is 7.11. The van der Waals surface area contributed by atoms with Gasteiger partial charge in [-0.2, -0.15) is 13.2 Å². The SMILES string of the molecule is CCOc1cc(C(=O)NC(CC(C)(C)C)C(F)(F)F)ccc1OCC(=O)O. The predicted molar refractivity (Wildman–Crippen MR) is 92.1 cm³/mol. The van der Waals surface area contributed by atoms with E-state index >= 15 is 0 Å². The van der Waals surface area contributed by atoms with Gasteiger partial charge in [-0.15, -0.1) is 0 Å². The molecule has 0 spiro atoms. The van der Waals surface area contributed by atoms with Crippen molar-refractivity contribution in [2.45, 2.75) is 46.3 Å². The van der Waals surface area contributed by atoms with Crippen LogP contribution in [0.1, 0.15) is 44.5 Å². The maximum atomic E-state index is 13.3. The number of nitrogens with one attached hydrogen (secondary N) is 1. The lowest BCUT2D eigenvalue weighted by Crippen LogP contribution is -2.47. The van der Waals surface area contributed by atoms with Gasteiger partial charge in [0.25, 0.3) is 5.91 Å². The summed E-state index contributed by atoms with van der Waals surface area (Å²) < 4.78 is 50.1. The average molecular weight is 391 g/mol. The van der Waals surface area contributed by atoms with Gasteiger partial charge in [-0.1, -0.05) is 20.8 Å². The molecule has 1 rings (SSSR count). The Morgan fingerprint density at radius 3 is 2.26 bits per heavy atom. The molecule has 0 aliphatic rings. The first-order chi connectivity index (χ1) is 12.3. The molecule has 0 bridgehead atoms. The van der Waals surface area contributed by atoms with Crippen LogP contribution in [0.5, 0.6) is 11.5 Å². The number of carbonyl (C=O) groups excluding carboxylic acids is 1. The topological polar surface area (TPSA) is 84.9 Å². The third kappa shape index (κ3) is 7.76. The highest BCUT2D eigenvalue weighted by atomic mass is 19.4. The van der Waals surface area contributed by atoms with E-state index in [-0.39, 0.29) is 30.1 Å². The molecule has 1 aromatic carbocycles. The largest absolute Gasteiger partial charge is 0.490 e. The first-order valence-corrected chi connectivity index (χ1v) is 8.32.